The quantitative estimate of drug-likeness (QED) is 0.926. The Hall–Kier alpha value is -0.620. The first-order valence-corrected chi connectivity index (χ1v) is 6.89. The molecular formula is C13H18BrNO3. The van der Waals surface area contributed by atoms with E-state index < -0.39 is 0 Å². The van der Waals surface area contributed by atoms with Crippen molar-refractivity contribution in [3.05, 3.63) is 28.2 Å². The Labute approximate surface area is 116 Å². The molecule has 1 saturated heterocycles. The summed E-state index contributed by atoms with van der Waals surface area (Å²) < 4.78 is 17.4. The summed E-state index contributed by atoms with van der Waals surface area (Å²) in [5.41, 5.74) is 7.21. The topological polar surface area (TPSA) is 53.7 Å². The standard InChI is InChI=1S/C13H18BrNO3/c1-2-17-11-4-3-9(7-10(11)14)13(15)12-8-16-5-6-18-12/h3-4,7,12-13H,2,5-6,8,15H2,1H3. The van der Waals surface area contributed by atoms with Crippen LogP contribution in [0.25, 0.3) is 0 Å². The van der Waals surface area contributed by atoms with Gasteiger partial charge in [-0.05, 0) is 40.5 Å². The third kappa shape index (κ3) is 3.23. The van der Waals surface area contributed by atoms with Crippen LogP contribution in [0.15, 0.2) is 22.7 Å². The lowest BCUT2D eigenvalue weighted by Crippen LogP contribution is -2.37. The molecule has 4 nitrogen and oxygen atoms in total. The van der Waals surface area contributed by atoms with Crippen LogP contribution in [0.4, 0.5) is 0 Å². The second-order valence-corrected chi connectivity index (χ2v) is 4.99. The number of hydrogen-bond donors (Lipinski definition) is 1. The highest BCUT2D eigenvalue weighted by Gasteiger charge is 2.23. The van der Waals surface area contributed by atoms with Gasteiger partial charge in [-0.3, -0.25) is 0 Å². The molecule has 1 aromatic rings. The minimum absolute atomic E-state index is 0.0800. The van der Waals surface area contributed by atoms with Gasteiger partial charge in [-0.15, -0.1) is 0 Å². The van der Waals surface area contributed by atoms with Crippen molar-refractivity contribution in [2.24, 2.45) is 5.73 Å². The van der Waals surface area contributed by atoms with Crippen LogP contribution in [-0.2, 0) is 9.47 Å². The van der Waals surface area contributed by atoms with Crippen molar-refractivity contribution in [1.29, 1.82) is 0 Å². The van der Waals surface area contributed by atoms with Gasteiger partial charge in [-0.1, -0.05) is 6.07 Å². The summed E-state index contributed by atoms with van der Waals surface area (Å²) in [6, 6.07) is 5.69. The number of ether oxygens (including phenoxy) is 3. The van der Waals surface area contributed by atoms with Crippen molar-refractivity contribution in [2.75, 3.05) is 26.4 Å². The Bertz CT molecular complexity index is 394. The Morgan fingerprint density at radius 3 is 2.94 bits per heavy atom. The van der Waals surface area contributed by atoms with Gasteiger partial charge in [0.1, 0.15) is 11.9 Å². The van der Waals surface area contributed by atoms with Crippen LogP contribution < -0.4 is 10.5 Å². The lowest BCUT2D eigenvalue weighted by Gasteiger charge is -2.28. The molecule has 0 bridgehead atoms. The van der Waals surface area contributed by atoms with Gasteiger partial charge < -0.3 is 19.9 Å². The summed E-state index contributed by atoms with van der Waals surface area (Å²) in [6.45, 7) is 4.40. The van der Waals surface area contributed by atoms with E-state index in [1.165, 1.54) is 0 Å². The van der Waals surface area contributed by atoms with Crippen molar-refractivity contribution in [1.82, 2.24) is 0 Å². The minimum Gasteiger partial charge on any atom is -0.493 e. The molecule has 0 aromatic heterocycles. The van der Waals surface area contributed by atoms with Crippen LogP contribution in [0.3, 0.4) is 0 Å². The maximum atomic E-state index is 6.20. The zero-order chi connectivity index (χ0) is 13.0. The van der Waals surface area contributed by atoms with Gasteiger partial charge in [0, 0.05) is 0 Å². The number of nitrogens with two attached hydrogens (primary N) is 1. The molecule has 0 saturated carbocycles. The van der Waals surface area contributed by atoms with Gasteiger partial charge in [0.2, 0.25) is 0 Å². The number of hydrogen-bond acceptors (Lipinski definition) is 4. The largest absolute Gasteiger partial charge is 0.493 e. The molecule has 1 aliphatic heterocycles. The van der Waals surface area contributed by atoms with Crippen molar-refractivity contribution < 1.29 is 14.2 Å². The van der Waals surface area contributed by atoms with Crippen LogP contribution >= 0.6 is 15.9 Å². The maximum Gasteiger partial charge on any atom is 0.133 e. The molecule has 0 spiro atoms. The first-order chi connectivity index (χ1) is 8.72. The van der Waals surface area contributed by atoms with Gasteiger partial charge in [-0.2, -0.15) is 0 Å². The van der Waals surface area contributed by atoms with Crippen LogP contribution in [0, 0.1) is 0 Å². The fourth-order valence-electron chi connectivity index (χ4n) is 1.92. The van der Waals surface area contributed by atoms with Crippen LogP contribution in [0.2, 0.25) is 0 Å². The van der Waals surface area contributed by atoms with Crippen LogP contribution in [0.1, 0.15) is 18.5 Å². The Balaban J connectivity index is 2.10. The summed E-state index contributed by atoms with van der Waals surface area (Å²) in [4.78, 5) is 0. The summed E-state index contributed by atoms with van der Waals surface area (Å²) >= 11 is 3.49. The molecule has 0 amide bonds. The fourth-order valence-corrected chi connectivity index (χ4v) is 2.44. The van der Waals surface area contributed by atoms with E-state index in [1.807, 2.05) is 25.1 Å². The Kier molecular flexibility index (Phi) is 5.00. The van der Waals surface area contributed by atoms with Gasteiger partial charge >= 0.3 is 0 Å². The Morgan fingerprint density at radius 2 is 2.33 bits per heavy atom. The molecule has 1 aliphatic rings. The lowest BCUT2D eigenvalue weighted by molar-refractivity contribution is -0.0975. The van der Waals surface area contributed by atoms with E-state index in [9.17, 15) is 0 Å². The monoisotopic (exact) mass is 315 g/mol. The van der Waals surface area contributed by atoms with E-state index in [-0.39, 0.29) is 12.1 Å². The van der Waals surface area contributed by atoms with Crippen molar-refractivity contribution in [3.63, 3.8) is 0 Å². The van der Waals surface area contributed by atoms with Gasteiger partial charge in [0.25, 0.3) is 0 Å². The lowest BCUT2D eigenvalue weighted by atomic mass is 10.0. The zero-order valence-electron chi connectivity index (χ0n) is 10.4. The van der Waals surface area contributed by atoms with Crippen molar-refractivity contribution in [2.45, 2.75) is 19.1 Å². The zero-order valence-corrected chi connectivity index (χ0v) is 12.0. The molecule has 2 rings (SSSR count). The first kappa shape index (κ1) is 13.8. The van der Waals surface area contributed by atoms with Crippen molar-refractivity contribution >= 4 is 15.9 Å². The normalized spacial score (nSPS) is 21.6. The van der Waals surface area contributed by atoms with E-state index in [0.29, 0.717) is 26.4 Å². The number of halogens is 1. The molecule has 0 radical (unpaired) electrons. The third-order valence-electron chi connectivity index (χ3n) is 2.88. The van der Waals surface area contributed by atoms with Gasteiger partial charge in [0.05, 0.1) is 36.9 Å². The molecule has 5 heteroatoms. The fraction of sp³-hybridized carbons (Fsp3) is 0.538. The predicted octanol–water partition coefficient (Wildman–Crippen LogP) is 2.26. The highest BCUT2D eigenvalue weighted by atomic mass is 79.9. The summed E-state index contributed by atoms with van der Waals surface area (Å²) in [5.74, 6) is 0.828. The molecule has 2 unspecified atom stereocenters. The molecule has 1 aromatic carbocycles. The summed E-state index contributed by atoms with van der Waals surface area (Å²) in [7, 11) is 0. The molecule has 18 heavy (non-hydrogen) atoms. The smallest absolute Gasteiger partial charge is 0.133 e. The van der Waals surface area contributed by atoms with Crippen LogP contribution in [-0.4, -0.2) is 32.5 Å². The highest BCUT2D eigenvalue weighted by molar-refractivity contribution is 9.10. The Morgan fingerprint density at radius 1 is 1.50 bits per heavy atom. The summed E-state index contributed by atoms with van der Waals surface area (Å²) in [6.07, 6.45) is -0.0800. The second-order valence-electron chi connectivity index (χ2n) is 4.13. The minimum atomic E-state index is -0.183. The first-order valence-electron chi connectivity index (χ1n) is 6.09. The average molecular weight is 316 g/mol. The van der Waals surface area contributed by atoms with Crippen molar-refractivity contribution in [3.8, 4) is 5.75 Å². The molecule has 2 atom stereocenters. The number of benzene rings is 1. The van der Waals surface area contributed by atoms with Gasteiger partial charge in [0.15, 0.2) is 0 Å². The third-order valence-corrected chi connectivity index (χ3v) is 3.50. The van der Waals surface area contributed by atoms with Crippen LogP contribution in [0.5, 0.6) is 5.75 Å². The van der Waals surface area contributed by atoms with E-state index in [4.69, 9.17) is 19.9 Å². The number of rotatable bonds is 4. The molecule has 0 aliphatic carbocycles. The maximum absolute atomic E-state index is 6.20. The van der Waals surface area contributed by atoms with E-state index in [1.54, 1.807) is 0 Å². The predicted molar refractivity (Wildman–Crippen MR) is 72.8 cm³/mol. The van der Waals surface area contributed by atoms with E-state index >= 15 is 0 Å². The second kappa shape index (κ2) is 6.52. The summed E-state index contributed by atoms with van der Waals surface area (Å²) in [5, 5.41) is 0. The molecule has 1 heterocycles. The molecule has 1 fully saturated rings. The molecule has 100 valence electrons. The van der Waals surface area contributed by atoms with E-state index in [0.717, 1.165) is 15.8 Å². The molecule has 2 N–H and O–H groups in total. The highest BCUT2D eigenvalue weighted by Crippen LogP contribution is 2.29. The average Bonchev–Trinajstić information content (AvgIpc) is 2.41. The van der Waals surface area contributed by atoms with E-state index in [2.05, 4.69) is 15.9 Å². The van der Waals surface area contributed by atoms with Gasteiger partial charge in [-0.25, -0.2) is 0 Å². The molecular weight excluding hydrogens is 298 g/mol. The SMILES string of the molecule is CCOc1ccc(C(N)C2COCCO2)cc1Br.